The minimum Gasteiger partial charge on any atom is -0.452 e. The highest BCUT2D eigenvalue weighted by atomic mass is 16.6. The molecular weight excluding hydrogens is 260 g/mol. The van der Waals surface area contributed by atoms with Crippen molar-refractivity contribution < 1.29 is 14.5 Å². The van der Waals surface area contributed by atoms with Gasteiger partial charge in [0, 0.05) is 6.07 Å². The number of nitro benzene ring substituents is 1. The summed E-state index contributed by atoms with van der Waals surface area (Å²) >= 11 is 0. The first-order valence-electron chi connectivity index (χ1n) is 5.81. The molecule has 102 valence electrons. The Bertz CT molecular complexity index is 628. The third kappa shape index (κ3) is 2.59. The Labute approximate surface area is 115 Å². The molecule has 0 aliphatic heterocycles. The molecule has 0 aliphatic rings. The van der Waals surface area contributed by atoms with Crippen LogP contribution in [-0.2, 0) is 4.74 Å². The van der Waals surface area contributed by atoms with Crippen molar-refractivity contribution >= 4 is 23.2 Å². The van der Waals surface area contributed by atoms with Gasteiger partial charge >= 0.3 is 6.09 Å². The standard InChI is InChI=1S/C14H12N2O4/c1-20-14(17)15(11-7-3-2-4-8-11)12-9-5-6-10-13(12)16(18)19/h2-10H,1H3. The Morgan fingerprint density at radius 2 is 1.70 bits per heavy atom. The number of hydrogen-bond acceptors (Lipinski definition) is 4. The van der Waals surface area contributed by atoms with E-state index in [1.165, 1.54) is 19.2 Å². The predicted octanol–water partition coefficient (Wildman–Crippen LogP) is 3.50. The lowest BCUT2D eigenvalue weighted by atomic mass is 10.2. The number of anilines is 2. The Kier molecular flexibility index (Phi) is 3.95. The van der Waals surface area contributed by atoms with E-state index in [0.717, 1.165) is 4.90 Å². The number of amides is 1. The van der Waals surface area contributed by atoms with Gasteiger partial charge in [0.25, 0.3) is 5.69 Å². The molecule has 2 aromatic rings. The monoisotopic (exact) mass is 272 g/mol. The van der Waals surface area contributed by atoms with Gasteiger partial charge in [-0.05, 0) is 18.2 Å². The van der Waals surface area contributed by atoms with Gasteiger partial charge in [-0.15, -0.1) is 0 Å². The number of methoxy groups -OCH3 is 1. The van der Waals surface area contributed by atoms with Gasteiger partial charge in [-0.2, -0.15) is 0 Å². The SMILES string of the molecule is COC(=O)N(c1ccccc1)c1ccccc1[N+](=O)[O-]. The molecule has 0 aliphatic carbocycles. The van der Waals surface area contributed by atoms with Gasteiger partial charge in [-0.25, -0.2) is 9.69 Å². The highest BCUT2D eigenvalue weighted by molar-refractivity contribution is 5.98. The van der Waals surface area contributed by atoms with Crippen LogP contribution in [0.1, 0.15) is 0 Å². The highest BCUT2D eigenvalue weighted by Gasteiger charge is 2.25. The summed E-state index contributed by atoms with van der Waals surface area (Å²) < 4.78 is 4.72. The summed E-state index contributed by atoms with van der Waals surface area (Å²) in [4.78, 5) is 23.7. The summed E-state index contributed by atoms with van der Waals surface area (Å²) in [5, 5.41) is 11.1. The Hall–Kier alpha value is -2.89. The normalized spacial score (nSPS) is 9.85. The first-order chi connectivity index (χ1) is 9.65. The van der Waals surface area contributed by atoms with Crippen molar-refractivity contribution in [1.29, 1.82) is 0 Å². The molecule has 0 atom stereocenters. The van der Waals surface area contributed by atoms with E-state index in [1.807, 2.05) is 0 Å². The van der Waals surface area contributed by atoms with E-state index in [9.17, 15) is 14.9 Å². The maximum absolute atomic E-state index is 12.0. The Morgan fingerprint density at radius 3 is 2.30 bits per heavy atom. The van der Waals surface area contributed by atoms with Gasteiger partial charge in [0.15, 0.2) is 0 Å². The topological polar surface area (TPSA) is 72.7 Å². The summed E-state index contributed by atoms with van der Waals surface area (Å²) in [6.07, 6.45) is -0.689. The van der Waals surface area contributed by atoms with E-state index < -0.39 is 11.0 Å². The summed E-state index contributed by atoms with van der Waals surface area (Å²) in [6, 6.07) is 14.6. The molecule has 2 rings (SSSR count). The number of rotatable bonds is 3. The van der Waals surface area contributed by atoms with E-state index in [2.05, 4.69) is 0 Å². The summed E-state index contributed by atoms with van der Waals surface area (Å²) in [5.74, 6) is 0. The van der Waals surface area contributed by atoms with E-state index in [-0.39, 0.29) is 11.4 Å². The van der Waals surface area contributed by atoms with Crippen molar-refractivity contribution in [2.45, 2.75) is 0 Å². The van der Waals surface area contributed by atoms with Gasteiger partial charge in [0.2, 0.25) is 0 Å². The molecule has 0 saturated carbocycles. The van der Waals surface area contributed by atoms with Crippen molar-refractivity contribution in [3.05, 3.63) is 64.7 Å². The number of para-hydroxylation sites is 3. The third-order valence-corrected chi connectivity index (χ3v) is 2.69. The Morgan fingerprint density at radius 1 is 1.10 bits per heavy atom. The smallest absolute Gasteiger partial charge is 0.418 e. The number of carbonyl (C=O) groups is 1. The van der Waals surface area contributed by atoms with Crippen molar-refractivity contribution in [3.8, 4) is 0 Å². The van der Waals surface area contributed by atoms with Crippen molar-refractivity contribution in [3.63, 3.8) is 0 Å². The maximum atomic E-state index is 12.0. The molecule has 0 aromatic heterocycles. The van der Waals surface area contributed by atoms with Crippen LogP contribution in [0.3, 0.4) is 0 Å². The number of hydrogen-bond donors (Lipinski definition) is 0. The van der Waals surface area contributed by atoms with E-state index in [1.54, 1.807) is 42.5 Å². The number of benzene rings is 2. The quantitative estimate of drug-likeness (QED) is 0.633. The van der Waals surface area contributed by atoms with Crippen molar-refractivity contribution in [2.24, 2.45) is 0 Å². The van der Waals surface area contributed by atoms with Crippen LogP contribution in [0.5, 0.6) is 0 Å². The second kappa shape index (κ2) is 5.83. The fraction of sp³-hybridized carbons (Fsp3) is 0.0714. The van der Waals surface area contributed by atoms with Gasteiger partial charge in [-0.3, -0.25) is 10.1 Å². The number of nitrogens with zero attached hydrogens (tertiary/aromatic N) is 2. The largest absolute Gasteiger partial charge is 0.452 e. The molecule has 6 nitrogen and oxygen atoms in total. The van der Waals surface area contributed by atoms with Crippen LogP contribution in [0.2, 0.25) is 0 Å². The molecule has 0 spiro atoms. The zero-order valence-electron chi connectivity index (χ0n) is 10.7. The molecule has 0 unspecified atom stereocenters. The molecular formula is C14H12N2O4. The van der Waals surface area contributed by atoms with Gasteiger partial charge in [0.05, 0.1) is 17.7 Å². The molecule has 0 fully saturated rings. The predicted molar refractivity (Wildman–Crippen MR) is 74.1 cm³/mol. The second-order valence-electron chi connectivity index (χ2n) is 3.89. The molecule has 0 heterocycles. The van der Waals surface area contributed by atoms with Crippen LogP contribution >= 0.6 is 0 Å². The zero-order valence-corrected chi connectivity index (χ0v) is 10.7. The number of ether oxygens (including phenoxy) is 1. The van der Waals surface area contributed by atoms with E-state index >= 15 is 0 Å². The van der Waals surface area contributed by atoms with Crippen LogP contribution in [0.15, 0.2) is 54.6 Å². The van der Waals surface area contributed by atoms with Crippen LogP contribution in [0.25, 0.3) is 0 Å². The van der Waals surface area contributed by atoms with Crippen molar-refractivity contribution in [2.75, 3.05) is 12.0 Å². The number of carbonyl (C=O) groups excluding carboxylic acids is 1. The van der Waals surface area contributed by atoms with Crippen LogP contribution in [0, 0.1) is 10.1 Å². The minimum absolute atomic E-state index is 0.163. The summed E-state index contributed by atoms with van der Waals surface area (Å²) in [5.41, 5.74) is 0.492. The molecule has 0 radical (unpaired) electrons. The van der Waals surface area contributed by atoms with Gasteiger partial charge < -0.3 is 4.74 Å². The van der Waals surface area contributed by atoms with Crippen molar-refractivity contribution in [1.82, 2.24) is 0 Å². The molecule has 0 bridgehead atoms. The maximum Gasteiger partial charge on any atom is 0.418 e. The second-order valence-corrected chi connectivity index (χ2v) is 3.89. The lowest BCUT2D eigenvalue weighted by Gasteiger charge is -2.20. The molecule has 2 aromatic carbocycles. The first kappa shape index (κ1) is 13.5. The fourth-order valence-electron chi connectivity index (χ4n) is 1.82. The highest BCUT2D eigenvalue weighted by Crippen LogP contribution is 2.33. The van der Waals surface area contributed by atoms with E-state index in [0.29, 0.717) is 5.69 Å². The van der Waals surface area contributed by atoms with Gasteiger partial charge in [-0.1, -0.05) is 30.3 Å². The first-order valence-corrected chi connectivity index (χ1v) is 5.81. The third-order valence-electron chi connectivity index (χ3n) is 2.69. The lowest BCUT2D eigenvalue weighted by molar-refractivity contribution is -0.384. The average Bonchev–Trinajstić information content (AvgIpc) is 2.48. The fourth-order valence-corrected chi connectivity index (χ4v) is 1.82. The van der Waals surface area contributed by atoms with Crippen LogP contribution in [0.4, 0.5) is 21.9 Å². The molecule has 1 amide bonds. The molecule has 20 heavy (non-hydrogen) atoms. The molecule has 0 saturated heterocycles. The number of nitro groups is 1. The van der Waals surface area contributed by atoms with E-state index in [4.69, 9.17) is 4.74 Å². The molecule has 0 N–H and O–H groups in total. The van der Waals surface area contributed by atoms with Gasteiger partial charge in [0.1, 0.15) is 5.69 Å². The molecule has 6 heteroatoms. The van der Waals surface area contributed by atoms with Crippen LogP contribution in [-0.4, -0.2) is 18.1 Å². The lowest BCUT2D eigenvalue weighted by Crippen LogP contribution is -2.26. The zero-order chi connectivity index (χ0) is 14.5. The Balaban J connectivity index is 2.59. The average molecular weight is 272 g/mol. The van der Waals surface area contributed by atoms with Crippen LogP contribution < -0.4 is 4.90 Å². The summed E-state index contributed by atoms with van der Waals surface area (Å²) in [6.45, 7) is 0. The summed E-state index contributed by atoms with van der Waals surface area (Å²) in [7, 11) is 1.23. The minimum atomic E-state index is -0.689.